The van der Waals surface area contributed by atoms with E-state index in [4.69, 9.17) is 9.97 Å². The minimum atomic E-state index is 0.899. The first-order chi connectivity index (χ1) is 25.8. The first-order valence-electron chi connectivity index (χ1n) is 17.6. The average molecular weight is 665 g/mol. The van der Waals surface area contributed by atoms with Crippen LogP contribution >= 0.6 is 0 Å². The Labute approximate surface area is 301 Å². The normalized spacial score (nSPS) is 11.5. The Bertz CT molecular complexity index is 2860. The molecule has 0 bridgehead atoms. The fourth-order valence-corrected chi connectivity index (χ4v) is 7.59. The highest BCUT2D eigenvalue weighted by molar-refractivity contribution is 6.23. The Hall–Kier alpha value is -7.04. The lowest BCUT2D eigenvalue weighted by molar-refractivity contribution is 1.10. The van der Waals surface area contributed by atoms with E-state index in [2.05, 4.69) is 191 Å². The summed E-state index contributed by atoms with van der Waals surface area (Å²) in [5.41, 5.74) is 10.4. The van der Waals surface area contributed by atoms with Gasteiger partial charge in [0.05, 0.1) is 22.2 Å². The van der Waals surface area contributed by atoms with Crippen LogP contribution in [0.5, 0.6) is 0 Å². The minimum Gasteiger partial charge on any atom is -0.310 e. The van der Waals surface area contributed by atoms with Crippen LogP contribution in [0.1, 0.15) is 0 Å². The summed E-state index contributed by atoms with van der Waals surface area (Å²) in [5, 5.41) is 5.84. The molecular weight excluding hydrogens is 633 g/mol. The van der Waals surface area contributed by atoms with Crippen LogP contribution in [0.3, 0.4) is 0 Å². The van der Waals surface area contributed by atoms with Crippen molar-refractivity contribution in [1.29, 1.82) is 0 Å². The fourth-order valence-electron chi connectivity index (χ4n) is 7.59. The van der Waals surface area contributed by atoms with Gasteiger partial charge in [-0.3, -0.25) is 4.57 Å². The van der Waals surface area contributed by atoms with Crippen molar-refractivity contribution in [1.82, 2.24) is 14.5 Å². The maximum Gasteiger partial charge on any atom is 0.145 e. The lowest BCUT2D eigenvalue weighted by atomic mass is 9.94. The van der Waals surface area contributed by atoms with Crippen LogP contribution in [0.15, 0.2) is 194 Å². The zero-order valence-corrected chi connectivity index (χ0v) is 28.3. The van der Waals surface area contributed by atoms with Gasteiger partial charge in [0.25, 0.3) is 0 Å². The summed E-state index contributed by atoms with van der Waals surface area (Å²) in [6.45, 7) is 0. The number of hydrogen-bond donors (Lipinski definition) is 0. The van der Waals surface area contributed by atoms with Crippen molar-refractivity contribution in [2.24, 2.45) is 0 Å². The van der Waals surface area contributed by atoms with Gasteiger partial charge in [0, 0.05) is 50.0 Å². The topological polar surface area (TPSA) is 34.0 Å². The van der Waals surface area contributed by atoms with Crippen LogP contribution in [-0.2, 0) is 0 Å². The second kappa shape index (κ2) is 12.4. The summed E-state index contributed by atoms with van der Waals surface area (Å²) in [6.07, 6.45) is 0. The molecule has 0 N–H and O–H groups in total. The number of hydrogen-bond acceptors (Lipinski definition) is 3. The van der Waals surface area contributed by atoms with E-state index in [1.54, 1.807) is 0 Å². The summed E-state index contributed by atoms with van der Waals surface area (Å²) in [6, 6.07) is 68.4. The van der Waals surface area contributed by atoms with Crippen LogP contribution < -0.4 is 4.90 Å². The number of aromatic nitrogens is 3. The van der Waals surface area contributed by atoms with Crippen molar-refractivity contribution >= 4 is 60.5 Å². The SMILES string of the molecule is c1ccc(N(c2ccccc2)c2ccc3nc(-c4cccc(-c5nc6ccccc6n5-c5ccccc5)c4)c4ccc5ccccc5c4c3c2)cc1. The molecule has 0 fully saturated rings. The maximum atomic E-state index is 5.44. The summed E-state index contributed by atoms with van der Waals surface area (Å²) < 4.78 is 2.25. The van der Waals surface area contributed by atoms with Gasteiger partial charge in [-0.05, 0) is 83.6 Å². The number of para-hydroxylation sites is 5. The summed E-state index contributed by atoms with van der Waals surface area (Å²) in [7, 11) is 0. The Morgan fingerprint density at radius 1 is 0.404 bits per heavy atom. The number of rotatable bonds is 6. The second-order valence-electron chi connectivity index (χ2n) is 13.1. The lowest BCUT2D eigenvalue weighted by Gasteiger charge is -2.26. The van der Waals surface area contributed by atoms with E-state index in [0.29, 0.717) is 0 Å². The molecule has 0 saturated heterocycles. The Morgan fingerprint density at radius 2 is 1.08 bits per heavy atom. The smallest absolute Gasteiger partial charge is 0.145 e. The molecule has 0 radical (unpaired) electrons. The van der Waals surface area contributed by atoms with Crippen molar-refractivity contribution in [2.75, 3.05) is 4.90 Å². The van der Waals surface area contributed by atoms with E-state index in [-0.39, 0.29) is 0 Å². The van der Waals surface area contributed by atoms with Crippen molar-refractivity contribution < 1.29 is 0 Å². The molecule has 0 spiro atoms. The first kappa shape index (κ1) is 29.8. The number of anilines is 3. The Morgan fingerprint density at radius 3 is 1.87 bits per heavy atom. The standard InChI is InChI=1S/C48H32N4/c1-4-18-36(19-5-1)51(37-20-6-2-7-21-37)39-28-30-43-42(32-39)46-40-24-11-10-15-33(40)27-29-41(46)47(49-43)34-16-14-17-35(31-34)48-50-44-25-12-13-26-45(44)52(48)38-22-8-3-9-23-38/h1-32H. The van der Waals surface area contributed by atoms with Crippen LogP contribution in [0.25, 0.3) is 71.8 Å². The van der Waals surface area contributed by atoms with Gasteiger partial charge < -0.3 is 4.90 Å². The van der Waals surface area contributed by atoms with Crippen molar-refractivity contribution in [2.45, 2.75) is 0 Å². The molecule has 8 aromatic carbocycles. The summed E-state index contributed by atoms with van der Waals surface area (Å²) in [4.78, 5) is 12.9. The minimum absolute atomic E-state index is 0.899. The van der Waals surface area contributed by atoms with Gasteiger partial charge in [-0.2, -0.15) is 0 Å². The van der Waals surface area contributed by atoms with Gasteiger partial charge in [0.2, 0.25) is 0 Å². The van der Waals surface area contributed by atoms with Gasteiger partial charge in [-0.25, -0.2) is 9.97 Å². The third-order valence-corrected chi connectivity index (χ3v) is 9.92. The predicted molar refractivity (Wildman–Crippen MR) is 217 cm³/mol. The monoisotopic (exact) mass is 664 g/mol. The third kappa shape index (κ3) is 5.00. The molecule has 2 heterocycles. The Balaban J connectivity index is 1.20. The van der Waals surface area contributed by atoms with Gasteiger partial charge in [-0.1, -0.05) is 121 Å². The molecule has 0 aliphatic heterocycles. The maximum absolute atomic E-state index is 5.44. The molecule has 52 heavy (non-hydrogen) atoms. The van der Waals surface area contributed by atoms with Crippen LogP contribution in [0.4, 0.5) is 17.1 Å². The largest absolute Gasteiger partial charge is 0.310 e. The highest BCUT2D eigenvalue weighted by Crippen LogP contribution is 2.42. The molecule has 244 valence electrons. The van der Waals surface area contributed by atoms with Gasteiger partial charge in [-0.15, -0.1) is 0 Å². The lowest BCUT2D eigenvalue weighted by Crippen LogP contribution is -2.09. The van der Waals surface area contributed by atoms with Gasteiger partial charge >= 0.3 is 0 Å². The molecule has 2 aromatic heterocycles. The average Bonchev–Trinajstić information content (AvgIpc) is 3.61. The van der Waals surface area contributed by atoms with Crippen molar-refractivity contribution in [3.8, 4) is 28.3 Å². The van der Waals surface area contributed by atoms with Crippen LogP contribution in [0.2, 0.25) is 0 Å². The van der Waals surface area contributed by atoms with E-state index in [0.717, 1.165) is 72.7 Å². The molecule has 4 nitrogen and oxygen atoms in total. The molecule has 0 atom stereocenters. The molecular formula is C48H32N4. The summed E-state index contributed by atoms with van der Waals surface area (Å²) in [5.74, 6) is 0.899. The van der Waals surface area contributed by atoms with Crippen LogP contribution in [-0.4, -0.2) is 14.5 Å². The molecule has 0 unspecified atom stereocenters. The van der Waals surface area contributed by atoms with E-state index >= 15 is 0 Å². The molecule has 0 aliphatic carbocycles. The third-order valence-electron chi connectivity index (χ3n) is 9.92. The number of fused-ring (bicyclic) bond motifs is 6. The second-order valence-corrected chi connectivity index (χ2v) is 13.1. The summed E-state index contributed by atoms with van der Waals surface area (Å²) >= 11 is 0. The molecule has 4 heteroatoms. The van der Waals surface area contributed by atoms with E-state index in [1.165, 1.54) is 16.2 Å². The number of benzene rings is 8. The van der Waals surface area contributed by atoms with E-state index < -0.39 is 0 Å². The molecule has 0 saturated carbocycles. The van der Waals surface area contributed by atoms with Crippen LogP contribution in [0, 0.1) is 0 Å². The number of imidazole rings is 1. The van der Waals surface area contributed by atoms with Crippen molar-refractivity contribution in [3.63, 3.8) is 0 Å². The quantitative estimate of drug-likeness (QED) is 0.166. The zero-order valence-electron chi connectivity index (χ0n) is 28.3. The zero-order chi connectivity index (χ0) is 34.4. The van der Waals surface area contributed by atoms with Gasteiger partial charge in [0.15, 0.2) is 0 Å². The molecule has 0 amide bonds. The number of nitrogens with zero attached hydrogens (tertiary/aromatic N) is 4. The molecule has 10 rings (SSSR count). The van der Waals surface area contributed by atoms with E-state index in [9.17, 15) is 0 Å². The highest BCUT2D eigenvalue weighted by atomic mass is 15.1. The van der Waals surface area contributed by atoms with E-state index in [1.807, 2.05) is 12.1 Å². The molecule has 0 aliphatic rings. The predicted octanol–water partition coefficient (Wildman–Crippen LogP) is 12.7. The fraction of sp³-hybridized carbons (Fsp3) is 0. The first-order valence-corrected chi connectivity index (χ1v) is 17.6. The van der Waals surface area contributed by atoms with Gasteiger partial charge in [0.1, 0.15) is 5.82 Å². The highest BCUT2D eigenvalue weighted by Gasteiger charge is 2.19. The molecule has 10 aromatic rings. The van der Waals surface area contributed by atoms with Crippen molar-refractivity contribution in [3.05, 3.63) is 194 Å². The Kier molecular flexibility index (Phi) is 7.10. The number of pyridine rings is 1.